The van der Waals surface area contributed by atoms with Gasteiger partial charge in [-0.05, 0) is 0 Å². The van der Waals surface area contributed by atoms with E-state index in [1.807, 2.05) is 0 Å². The number of aliphatic carboxylic acids is 1. The van der Waals surface area contributed by atoms with E-state index in [1.165, 1.54) is 12.5 Å². The molecule has 2 aromatic rings. The summed E-state index contributed by atoms with van der Waals surface area (Å²) in [5, 5.41) is 19.8. The summed E-state index contributed by atoms with van der Waals surface area (Å²) >= 11 is 0. The average Bonchev–Trinajstić information content (AvgIpc) is 2.99. The monoisotopic (exact) mass is 314 g/mol. The maximum absolute atomic E-state index is 12.0. The van der Waals surface area contributed by atoms with E-state index in [2.05, 4.69) is 20.0 Å². The van der Waals surface area contributed by atoms with Crippen molar-refractivity contribution in [3.05, 3.63) is 24.5 Å². The number of rotatable bonds is 7. The van der Waals surface area contributed by atoms with Crippen LogP contribution in [0.5, 0.6) is 0 Å². The van der Waals surface area contributed by atoms with E-state index in [4.69, 9.17) is 5.11 Å². The number of hydrogen-bond donors (Lipinski definition) is 2. The molecule has 2 rings (SSSR count). The van der Waals surface area contributed by atoms with Crippen LogP contribution in [0.4, 0.5) is 0 Å². The van der Waals surface area contributed by atoms with Gasteiger partial charge in [-0.2, -0.15) is 5.10 Å². The van der Waals surface area contributed by atoms with Crippen LogP contribution in [0.3, 0.4) is 0 Å². The van der Waals surface area contributed by atoms with Gasteiger partial charge in [-0.3, -0.25) is 9.48 Å². The second-order valence-electron chi connectivity index (χ2n) is 4.27. The molecule has 0 atom stereocenters. The summed E-state index contributed by atoms with van der Waals surface area (Å²) in [6.45, 7) is -0.243. The van der Waals surface area contributed by atoms with E-state index in [0.717, 1.165) is 10.9 Å². The van der Waals surface area contributed by atoms with Gasteiger partial charge < -0.3 is 9.67 Å². The lowest BCUT2D eigenvalue weighted by atomic mass is 10.4. The third kappa shape index (κ3) is 3.86. The molecular formula is C10H14N6O4S. The Kier molecular flexibility index (Phi) is 4.33. The molecular weight excluding hydrogens is 300 g/mol. The quantitative estimate of drug-likeness (QED) is 0.643. The smallest absolute Gasteiger partial charge is 0.325 e. The first-order valence-corrected chi connectivity index (χ1v) is 7.43. The Bertz CT molecular complexity index is 734. The Morgan fingerprint density at radius 3 is 2.86 bits per heavy atom. The molecule has 0 aliphatic heterocycles. The molecule has 0 saturated heterocycles. The normalized spacial score (nSPS) is 11.7. The van der Waals surface area contributed by atoms with Crippen LogP contribution in [0, 0.1) is 0 Å². The minimum absolute atomic E-state index is 0.0817. The molecule has 0 saturated carbocycles. The largest absolute Gasteiger partial charge is 0.480 e. The maximum Gasteiger partial charge on any atom is 0.325 e. The zero-order valence-electron chi connectivity index (χ0n) is 11.2. The van der Waals surface area contributed by atoms with Crippen molar-refractivity contribution in [2.45, 2.75) is 17.9 Å². The fourth-order valence-electron chi connectivity index (χ4n) is 1.62. The van der Waals surface area contributed by atoms with Gasteiger partial charge in [0.25, 0.3) is 0 Å². The number of hydrogen-bond acceptors (Lipinski definition) is 6. The van der Waals surface area contributed by atoms with Crippen molar-refractivity contribution in [3.63, 3.8) is 0 Å². The van der Waals surface area contributed by atoms with Gasteiger partial charge in [0.15, 0.2) is 0 Å². The molecule has 0 aliphatic carbocycles. The van der Waals surface area contributed by atoms with Crippen molar-refractivity contribution in [2.75, 3.05) is 6.54 Å². The molecule has 10 nitrogen and oxygen atoms in total. The summed E-state index contributed by atoms with van der Waals surface area (Å²) < 4.78 is 29.1. The number of nitrogens with one attached hydrogen (secondary N) is 1. The zero-order valence-corrected chi connectivity index (χ0v) is 12.0. The third-order valence-corrected chi connectivity index (χ3v) is 4.08. The van der Waals surface area contributed by atoms with E-state index < -0.39 is 22.5 Å². The summed E-state index contributed by atoms with van der Waals surface area (Å²) in [4.78, 5) is 10.4. The topological polar surface area (TPSA) is 132 Å². The van der Waals surface area contributed by atoms with Crippen molar-refractivity contribution in [2.24, 2.45) is 7.05 Å². The predicted molar refractivity (Wildman–Crippen MR) is 69.8 cm³/mol. The van der Waals surface area contributed by atoms with Gasteiger partial charge in [0, 0.05) is 26.2 Å². The molecule has 2 heterocycles. The van der Waals surface area contributed by atoms with Crippen LogP contribution >= 0.6 is 0 Å². The Morgan fingerprint density at radius 1 is 1.48 bits per heavy atom. The molecule has 0 aliphatic rings. The highest BCUT2D eigenvalue weighted by Gasteiger charge is 2.17. The van der Waals surface area contributed by atoms with E-state index in [-0.39, 0.29) is 11.4 Å². The minimum atomic E-state index is -3.73. The lowest BCUT2D eigenvalue weighted by Crippen LogP contribution is -2.26. The molecule has 0 spiro atoms. The van der Waals surface area contributed by atoms with Crippen LogP contribution in [-0.4, -0.2) is 50.6 Å². The molecule has 114 valence electrons. The molecule has 11 heteroatoms. The number of carboxylic acid groups (broad SMARTS) is 1. The van der Waals surface area contributed by atoms with Gasteiger partial charge in [-0.1, -0.05) is 0 Å². The summed E-state index contributed by atoms with van der Waals surface area (Å²) in [6.07, 6.45) is 4.19. The Labute approximate surface area is 120 Å². The van der Waals surface area contributed by atoms with Crippen LogP contribution in [-0.2, 0) is 34.8 Å². The molecule has 0 amide bonds. The van der Waals surface area contributed by atoms with Crippen molar-refractivity contribution >= 4 is 16.0 Å². The molecule has 0 unspecified atom stereocenters. The van der Waals surface area contributed by atoms with Crippen molar-refractivity contribution in [1.82, 2.24) is 29.3 Å². The fraction of sp³-hybridized carbons (Fsp3) is 0.400. The summed E-state index contributed by atoms with van der Waals surface area (Å²) in [5.41, 5.74) is 0. The highest BCUT2D eigenvalue weighted by Crippen LogP contribution is 2.06. The van der Waals surface area contributed by atoms with Gasteiger partial charge in [0.1, 0.15) is 23.6 Å². The van der Waals surface area contributed by atoms with E-state index in [0.29, 0.717) is 12.2 Å². The first kappa shape index (κ1) is 15.1. The molecule has 0 bridgehead atoms. The average molecular weight is 314 g/mol. The van der Waals surface area contributed by atoms with Gasteiger partial charge in [-0.25, -0.2) is 13.1 Å². The molecule has 2 aromatic heterocycles. The van der Waals surface area contributed by atoms with E-state index in [1.54, 1.807) is 11.6 Å². The standard InChI is InChI=1S/C10H14N6O4S/c1-15-7-11-14-9(15)2-3-13-21(19,20)8-4-12-16(5-8)6-10(17)18/h4-5,7,13H,2-3,6H2,1H3,(H,17,18). The van der Waals surface area contributed by atoms with Crippen LogP contribution in [0.15, 0.2) is 23.6 Å². The van der Waals surface area contributed by atoms with Crippen molar-refractivity contribution in [1.29, 1.82) is 0 Å². The third-order valence-electron chi connectivity index (χ3n) is 2.66. The van der Waals surface area contributed by atoms with E-state index >= 15 is 0 Å². The molecule has 0 fully saturated rings. The number of nitrogens with zero attached hydrogens (tertiary/aromatic N) is 5. The second kappa shape index (κ2) is 6.01. The zero-order chi connectivity index (χ0) is 15.5. The van der Waals surface area contributed by atoms with Gasteiger partial charge in [0.05, 0.1) is 6.20 Å². The second-order valence-corrected chi connectivity index (χ2v) is 6.04. The molecule has 21 heavy (non-hydrogen) atoms. The van der Waals surface area contributed by atoms with E-state index in [9.17, 15) is 13.2 Å². The van der Waals surface area contributed by atoms with Crippen molar-refractivity contribution < 1.29 is 18.3 Å². The van der Waals surface area contributed by atoms with Gasteiger partial charge in [0.2, 0.25) is 10.0 Å². The van der Waals surface area contributed by atoms with Crippen LogP contribution < -0.4 is 4.72 Å². The molecule has 0 radical (unpaired) electrons. The molecule has 2 N–H and O–H groups in total. The number of aromatic nitrogens is 5. The Balaban J connectivity index is 1.96. The SMILES string of the molecule is Cn1cnnc1CCNS(=O)(=O)c1cnn(CC(=O)O)c1. The number of carboxylic acids is 1. The van der Waals surface area contributed by atoms with Gasteiger partial charge >= 0.3 is 5.97 Å². The van der Waals surface area contributed by atoms with Crippen LogP contribution in [0.25, 0.3) is 0 Å². The Hall–Kier alpha value is -2.27. The number of carbonyl (C=O) groups is 1. The summed E-state index contributed by atoms with van der Waals surface area (Å²) in [5.74, 6) is -0.448. The first-order valence-electron chi connectivity index (χ1n) is 5.95. The first-order chi connectivity index (χ1) is 9.88. The predicted octanol–water partition coefficient (Wildman–Crippen LogP) is -1.38. The summed E-state index contributed by atoms with van der Waals surface area (Å²) in [6, 6.07) is 0. The van der Waals surface area contributed by atoms with Crippen molar-refractivity contribution in [3.8, 4) is 0 Å². The Morgan fingerprint density at radius 2 is 2.24 bits per heavy atom. The molecule has 0 aromatic carbocycles. The lowest BCUT2D eigenvalue weighted by molar-refractivity contribution is -0.137. The summed E-state index contributed by atoms with van der Waals surface area (Å²) in [7, 11) is -1.96. The fourth-order valence-corrected chi connectivity index (χ4v) is 2.61. The number of sulfonamides is 1. The maximum atomic E-state index is 12.0. The van der Waals surface area contributed by atoms with Gasteiger partial charge in [-0.15, -0.1) is 10.2 Å². The van der Waals surface area contributed by atoms with Crippen LogP contribution in [0.2, 0.25) is 0 Å². The highest BCUT2D eigenvalue weighted by atomic mass is 32.2. The highest BCUT2D eigenvalue weighted by molar-refractivity contribution is 7.89. The minimum Gasteiger partial charge on any atom is -0.480 e. The van der Waals surface area contributed by atoms with Crippen LogP contribution in [0.1, 0.15) is 5.82 Å². The number of aryl methyl sites for hydroxylation is 1. The lowest BCUT2D eigenvalue weighted by Gasteiger charge is -2.04.